The molecule has 6 aromatic rings. The summed E-state index contributed by atoms with van der Waals surface area (Å²) in [6.07, 6.45) is 34.2. The highest BCUT2D eigenvalue weighted by Gasteiger charge is 2.26. The number of nitro groups is 1. The van der Waals surface area contributed by atoms with E-state index in [-0.39, 0.29) is 23.3 Å². The van der Waals surface area contributed by atoms with Gasteiger partial charge in [-0.25, -0.2) is 0 Å². The van der Waals surface area contributed by atoms with Gasteiger partial charge in [-0.05, 0) is 234 Å². The van der Waals surface area contributed by atoms with Gasteiger partial charge in [0.25, 0.3) is 5.69 Å². The van der Waals surface area contributed by atoms with E-state index in [9.17, 15) is 29.3 Å². The monoisotopic (exact) mass is 1750 g/mol. The first-order valence-corrected chi connectivity index (χ1v) is 49.3. The van der Waals surface area contributed by atoms with Crippen LogP contribution < -0.4 is 19.5 Å². The van der Waals surface area contributed by atoms with Crippen LogP contribution in [0.15, 0.2) is 146 Å². The van der Waals surface area contributed by atoms with Gasteiger partial charge >= 0.3 is 5.97 Å². The van der Waals surface area contributed by atoms with Crippen LogP contribution in [0.1, 0.15) is 383 Å². The Bertz CT molecular complexity index is 3460. The molecule has 0 heterocycles. The Balaban J connectivity index is -0.000000675. The van der Waals surface area contributed by atoms with Crippen molar-refractivity contribution in [2.45, 2.75) is 393 Å². The molecule has 6 aromatic carbocycles. The summed E-state index contributed by atoms with van der Waals surface area (Å²) in [5.41, 5.74) is 11.0. The molecule has 5 unspecified atom stereocenters. The van der Waals surface area contributed by atoms with E-state index in [0.29, 0.717) is 59.9 Å². The van der Waals surface area contributed by atoms with E-state index in [4.69, 9.17) is 18.9 Å². The lowest BCUT2D eigenvalue weighted by molar-refractivity contribution is -0.384. The maximum absolute atomic E-state index is 12.0. The topological polar surface area (TPSA) is 164 Å². The molecule has 0 spiro atoms. The zero-order chi connectivity index (χ0) is 95.9. The number of esters is 1. The number of nitrogens with one attached hydrogen (secondary N) is 1. The van der Waals surface area contributed by atoms with Gasteiger partial charge in [-0.2, -0.15) is 0 Å². The third kappa shape index (κ3) is 80.7. The third-order valence-corrected chi connectivity index (χ3v) is 21.1. The number of non-ortho nitro benzene ring substituents is 1. The first-order chi connectivity index (χ1) is 59.8. The molecule has 0 saturated carbocycles. The molecule has 0 aliphatic heterocycles. The number of rotatable bonds is 46. The molecule has 0 saturated heterocycles. The molecule has 2 amide bonds. The molecular weight excluding hydrogens is 1560 g/mol. The highest BCUT2D eigenvalue weighted by atomic mass is 16.6. The summed E-state index contributed by atoms with van der Waals surface area (Å²) < 4.78 is 22.8. The molecule has 13 heteroatoms. The minimum absolute atomic E-state index is 0.0162. The lowest BCUT2D eigenvalue weighted by atomic mass is 9.76. The molecule has 718 valence electrons. The van der Waals surface area contributed by atoms with Gasteiger partial charge in [-0.1, -0.05) is 353 Å². The number of Topliss-reactive ketones (excluding diaryl/α,β-unsaturated/α-hetero) is 1. The zero-order valence-electron chi connectivity index (χ0n) is 86.4. The first-order valence-electron chi connectivity index (χ1n) is 49.3. The predicted molar refractivity (Wildman–Crippen MR) is 545 cm³/mol. The van der Waals surface area contributed by atoms with Crippen molar-refractivity contribution in [1.29, 1.82) is 0 Å². The Hall–Kier alpha value is -7.80. The van der Waals surface area contributed by atoms with Crippen LogP contribution in [-0.4, -0.2) is 79.5 Å². The minimum atomic E-state index is -0.396. The van der Waals surface area contributed by atoms with Crippen LogP contribution in [0, 0.1) is 106 Å². The molecule has 0 bridgehead atoms. The van der Waals surface area contributed by atoms with Gasteiger partial charge in [-0.15, -0.1) is 0 Å². The van der Waals surface area contributed by atoms with Gasteiger partial charge in [0.05, 0.1) is 31.4 Å². The Morgan fingerprint density at radius 1 is 0.421 bits per heavy atom. The summed E-state index contributed by atoms with van der Waals surface area (Å²) in [4.78, 5) is 56.5. The quantitative estimate of drug-likeness (QED) is 0.0168. The number of hydrogen-bond acceptors (Lipinski definition) is 10. The number of aryl methyl sites for hydroxylation is 8. The molecule has 0 aliphatic carbocycles. The second kappa shape index (κ2) is 81.7. The number of nitro benzene ring substituents is 1. The smallest absolute Gasteiger partial charge is 0.305 e. The van der Waals surface area contributed by atoms with E-state index >= 15 is 0 Å². The van der Waals surface area contributed by atoms with Crippen molar-refractivity contribution < 1.29 is 43.0 Å². The predicted octanol–water partition coefficient (Wildman–Crippen LogP) is 32.8. The van der Waals surface area contributed by atoms with Crippen molar-refractivity contribution in [3.63, 3.8) is 0 Å². The molecule has 0 radical (unpaired) electrons. The molecule has 0 aromatic heterocycles. The fraction of sp³-hybridized carbons (Fsp3) is 0.646. The van der Waals surface area contributed by atoms with E-state index < -0.39 is 4.92 Å². The average Bonchev–Trinajstić information content (AvgIpc) is 0.882. The van der Waals surface area contributed by atoms with Crippen molar-refractivity contribution in [2.24, 2.45) is 40.4 Å². The summed E-state index contributed by atoms with van der Waals surface area (Å²) in [5.74, 6) is 6.65. The number of hydrogen-bond donors (Lipinski definition) is 1. The van der Waals surface area contributed by atoms with E-state index in [1.807, 2.05) is 56.3 Å². The molecule has 0 aliphatic rings. The minimum Gasteiger partial charge on any atom is -0.493 e. The fourth-order valence-corrected chi connectivity index (χ4v) is 13.6. The normalized spacial score (nSPS) is 11.6. The summed E-state index contributed by atoms with van der Waals surface area (Å²) in [7, 11) is 0. The zero-order valence-corrected chi connectivity index (χ0v) is 86.4. The molecule has 13 nitrogen and oxygen atoms in total. The molecule has 0 fully saturated rings. The lowest BCUT2D eigenvalue weighted by Crippen LogP contribution is -2.32. The Morgan fingerprint density at radius 3 is 1.25 bits per heavy atom. The number of para-hydroxylation sites is 1. The fourth-order valence-electron chi connectivity index (χ4n) is 13.6. The second-order valence-corrected chi connectivity index (χ2v) is 37.4. The molecule has 5 atom stereocenters. The third-order valence-electron chi connectivity index (χ3n) is 21.1. The van der Waals surface area contributed by atoms with Crippen molar-refractivity contribution in [3.05, 3.63) is 200 Å². The number of carbonyl (C=O) groups excluding carboxylic acids is 4. The standard InChI is InChI=1S/C23H46O2.C16H33NO.C15H24O2.C14H22O.C11H23NO.3C8H10.C7H7NO2.C3H6O/c1-10-11-12-21(24)25-17-20(19(3)16-23(7,8)9)14-13-18(2)15-22(4,5)6;1-4-7-9-11-14-17(16(18)13-6-3)15-12-10-8-5-2;1-4-6-8-16-14-10-13(3)11-15(12-14)17-9-7-5-2;1-3-5-9-13(4-2)12-15-14-10-7-6-8-11-14;1-4-7-8-10(5-2)9-11(13)12-6-3;1-7-3-5-8(2)6-4-7;1-7-4-3-5-8(2)6-7;1-7-5-3-4-6-8(7)2;1-6-3-2-4-7(5-6)8(9)10;1-3(2)4/h18-20H,10-17H2,1-9H3;4-15H2,1-3H3;10-12H,4-9H2,1-3H3;6-8,10-11,13H,3-5,9,12H2,1-2H3;10H,4-9H2,1-3H3,(H,12,13);3*3-6H,1-2H3;2-5H,1H3;1-2H3. The van der Waals surface area contributed by atoms with Crippen molar-refractivity contribution >= 4 is 29.3 Å². The first kappa shape index (κ1) is 124. The van der Waals surface area contributed by atoms with E-state index in [0.717, 1.165) is 132 Å². The summed E-state index contributed by atoms with van der Waals surface area (Å²) in [5, 5.41) is 13.0. The Labute approximate surface area is 775 Å². The maximum atomic E-state index is 12.0. The van der Waals surface area contributed by atoms with Crippen LogP contribution in [0.3, 0.4) is 0 Å². The molecular formula is C113H191N3O10. The van der Waals surface area contributed by atoms with Gasteiger partial charge in [0.15, 0.2) is 0 Å². The average molecular weight is 1750 g/mol. The number of amides is 2. The van der Waals surface area contributed by atoms with Crippen molar-refractivity contribution in [2.75, 3.05) is 46.1 Å². The number of carbonyl (C=O) groups is 4. The largest absolute Gasteiger partial charge is 0.493 e. The van der Waals surface area contributed by atoms with Crippen molar-refractivity contribution in [1.82, 2.24) is 10.2 Å². The summed E-state index contributed by atoms with van der Waals surface area (Å²) in [6.45, 7) is 67.7. The Kier molecular flexibility index (Phi) is 80.7. The highest BCUT2D eigenvalue weighted by Crippen LogP contribution is 2.34. The molecule has 6 rings (SSSR count). The van der Waals surface area contributed by atoms with E-state index in [1.54, 1.807) is 12.1 Å². The lowest BCUT2D eigenvalue weighted by Gasteiger charge is -2.31. The maximum Gasteiger partial charge on any atom is 0.305 e. The second-order valence-electron chi connectivity index (χ2n) is 37.4. The Morgan fingerprint density at radius 2 is 0.865 bits per heavy atom. The van der Waals surface area contributed by atoms with Gasteiger partial charge in [0.1, 0.15) is 23.0 Å². The molecule has 1 N–H and O–H groups in total. The number of nitrogens with zero attached hydrogens (tertiary/aromatic N) is 2. The highest BCUT2D eigenvalue weighted by molar-refractivity contribution is 5.76. The van der Waals surface area contributed by atoms with Crippen molar-refractivity contribution in [3.8, 4) is 17.2 Å². The van der Waals surface area contributed by atoms with Gasteiger partial charge < -0.3 is 34.0 Å². The van der Waals surface area contributed by atoms with Gasteiger partial charge in [0.2, 0.25) is 11.8 Å². The van der Waals surface area contributed by atoms with Crippen LogP contribution in [0.4, 0.5) is 5.69 Å². The van der Waals surface area contributed by atoms with Crippen LogP contribution in [0.2, 0.25) is 0 Å². The van der Waals surface area contributed by atoms with E-state index in [1.165, 1.54) is 174 Å². The van der Waals surface area contributed by atoms with Crippen LogP contribution in [0.5, 0.6) is 17.2 Å². The van der Waals surface area contributed by atoms with E-state index in [2.05, 4.69) is 268 Å². The van der Waals surface area contributed by atoms with Crippen LogP contribution in [0.25, 0.3) is 0 Å². The van der Waals surface area contributed by atoms with Gasteiger partial charge in [0, 0.05) is 57.1 Å². The molecule has 126 heavy (non-hydrogen) atoms. The number of ketones is 1. The van der Waals surface area contributed by atoms with Gasteiger partial charge in [-0.3, -0.25) is 24.5 Å². The number of ether oxygens (including phenoxy) is 4. The summed E-state index contributed by atoms with van der Waals surface area (Å²) in [6, 6.07) is 48.0. The van der Waals surface area contributed by atoms with Crippen LogP contribution >= 0.6 is 0 Å². The summed E-state index contributed by atoms with van der Waals surface area (Å²) >= 11 is 0. The number of unbranched alkanes of at least 4 members (excludes halogenated alkanes) is 11. The number of benzene rings is 6. The van der Waals surface area contributed by atoms with Crippen LogP contribution in [-0.2, 0) is 23.9 Å². The SMILES string of the molecule is CC(C)=O.CCCCC(=O)OCC(CCC(C)CC(C)(C)C)C(C)CC(C)(C)C.CCCCC(CC)CC(=O)NCC.CCCCC(CC)COc1ccccc1.CCCCCCN(CCCCCC)C(=O)CCC.CCCCOc1cc(C)cc(OCCCC)c1.Cc1ccc(C)cc1.Cc1cccc(C)c1.Cc1cccc([N+](=O)[O-])c1.Cc1ccccc1C.